The lowest BCUT2D eigenvalue weighted by molar-refractivity contribution is 0.771. The van der Waals surface area contributed by atoms with Gasteiger partial charge >= 0.3 is 0 Å². The third kappa shape index (κ3) is 2.36. The average Bonchev–Trinajstić information content (AvgIpc) is 2.82. The van der Waals surface area contributed by atoms with Crippen LogP contribution >= 0.6 is 23.2 Å². The predicted octanol–water partition coefficient (Wildman–Crippen LogP) is 3.93. The fourth-order valence-corrected chi connectivity index (χ4v) is 3.21. The van der Waals surface area contributed by atoms with E-state index < -0.39 is 0 Å². The molecule has 0 aliphatic heterocycles. The van der Waals surface area contributed by atoms with Crippen molar-refractivity contribution >= 4 is 28.9 Å². The van der Waals surface area contributed by atoms with Gasteiger partial charge in [-0.2, -0.15) is 0 Å². The summed E-state index contributed by atoms with van der Waals surface area (Å²) in [6.07, 6.45) is 1.91. The number of rotatable bonds is 2. The van der Waals surface area contributed by atoms with Gasteiger partial charge in [0, 0.05) is 31.3 Å². The third-order valence-electron chi connectivity index (χ3n) is 3.79. The fourth-order valence-electron chi connectivity index (χ4n) is 2.72. The van der Waals surface area contributed by atoms with E-state index in [-0.39, 0.29) is 11.2 Å². The van der Waals surface area contributed by atoms with Crippen LogP contribution < -0.4 is 4.90 Å². The van der Waals surface area contributed by atoms with Crippen LogP contribution in [0.3, 0.4) is 0 Å². The van der Waals surface area contributed by atoms with E-state index in [1.165, 1.54) is 11.3 Å². The van der Waals surface area contributed by atoms with Crippen LogP contribution in [-0.2, 0) is 6.42 Å². The molecule has 2 aromatic rings. The Hall–Kier alpha value is -1.32. The quantitative estimate of drug-likeness (QED) is 0.622. The zero-order chi connectivity index (χ0) is 14.3. The maximum Gasteiger partial charge on any atom is 0.224 e. The van der Waals surface area contributed by atoms with Crippen LogP contribution in [0.4, 0.5) is 5.69 Å². The smallest absolute Gasteiger partial charge is 0.224 e. The first kappa shape index (κ1) is 13.7. The predicted molar refractivity (Wildman–Crippen MR) is 83.0 cm³/mol. The van der Waals surface area contributed by atoms with E-state index in [4.69, 9.17) is 23.2 Å². The Morgan fingerprint density at radius 2 is 1.80 bits per heavy atom. The lowest BCUT2D eigenvalue weighted by Crippen LogP contribution is -2.08. The molecule has 3 nitrogen and oxygen atoms in total. The van der Waals surface area contributed by atoms with Crippen LogP contribution in [0.2, 0.25) is 10.4 Å². The van der Waals surface area contributed by atoms with Gasteiger partial charge in [-0.1, -0.05) is 23.7 Å². The summed E-state index contributed by atoms with van der Waals surface area (Å²) in [7, 11) is 4.07. The van der Waals surface area contributed by atoms with Gasteiger partial charge in [0.15, 0.2) is 0 Å². The molecule has 1 atom stereocenters. The molecular formula is C15H15Cl2N3. The number of fused-ring (bicyclic) bond motifs is 1. The van der Waals surface area contributed by atoms with Gasteiger partial charge in [-0.05, 0) is 42.1 Å². The molecule has 0 radical (unpaired) electrons. The molecule has 0 saturated carbocycles. The minimum absolute atomic E-state index is 0.227. The van der Waals surface area contributed by atoms with Crippen molar-refractivity contribution in [2.24, 2.45) is 0 Å². The summed E-state index contributed by atoms with van der Waals surface area (Å²) >= 11 is 12.1. The minimum Gasteiger partial charge on any atom is -0.378 e. The van der Waals surface area contributed by atoms with Gasteiger partial charge in [0.1, 0.15) is 5.15 Å². The average molecular weight is 308 g/mol. The molecule has 0 N–H and O–H groups in total. The van der Waals surface area contributed by atoms with E-state index in [0.717, 1.165) is 24.1 Å². The first-order valence-electron chi connectivity index (χ1n) is 6.55. The summed E-state index contributed by atoms with van der Waals surface area (Å²) in [5.74, 6) is 0.263. The molecule has 1 aliphatic rings. The molecular weight excluding hydrogens is 293 g/mol. The normalized spacial score (nSPS) is 17.1. The van der Waals surface area contributed by atoms with Crippen LogP contribution in [0.15, 0.2) is 24.3 Å². The first-order valence-corrected chi connectivity index (χ1v) is 7.31. The molecule has 0 saturated heterocycles. The van der Waals surface area contributed by atoms with Gasteiger partial charge in [-0.15, -0.1) is 0 Å². The lowest BCUT2D eigenvalue weighted by Gasteiger charge is -2.15. The van der Waals surface area contributed by atoms with Crippen molar-refractivity contribution in [1.29, 1.82) is 0 Å². The number of aromatic nitrogens is 2. The Morgan fingerprint density at radius 1 is 1.10 bits per heavy atom. The van der Waals surface area contributed by atoms with Crippen LogP contribution in [0.5, 0.6) is 0 Å². The number of benzene rings is 1. The number of halogens is 2. The minimum atomic E-state index is 0.227. The highest BCUT2D eigenvalue weighted by Gasteiger charge is 2.28. The number of hydrogen-bond donors (Lipinski definition) is 0. The molecule has 104 valence electrons. The Labute approximate surface area is 128 Å². The van der Waals surface area contributed by atoms with Crippen LogP contribution in [-0.4, -0.2) is 24.1 Å². The molecule has 5 heteroatoms. The molecule has 1 aliphatic carbocycles. The summed E-state index contributed by atoms with van der Waals surface area (Å²) in [5, 5.41) is 0.720. The first-order chi connectivity index (χ1) is 9.56. The highest BCUT2D eigenvalue weighted by molar-refractivity contribution is 6.32. The summed E-state index contributed by atoms with van der Waals surface area (Å²) in [6, 6.07) is 8.55. The molecule has 1 aromatic heterocycles. The molecule has 0 fully saturated rings. The monoisotopic (exact) mass is 307 g/mol. The number of hydrogen-bond acceptors (Lipinski definition) is 3. The summed E-state index contributed by atoms with van der Waals surface area (Å²) in [6.45, 7) is 0. The Bertz CT molecular complexity index is 638. The van der Waals surface area contributed by atoms with Crippen molar-refractivity contribution in [2.45, 2.75) is 18.8 Å². The van der Waals surface area contributed by atoms with Crippen LogP contribution in [0.25, 0.3) is 0 Å². The van der Waals surface area contributed by atoms with E-state index in [2.05, 4.69) is 39.1 Å². The molecule has 1 unspecified atom stereocenters. The highest BCUT2D eigenvalue weighted by Crippen LogP contribution is 2.40. The summed E-state index contributed by atoms with van der Waals surface area (Å²) in [4.78, 5) is 10.5. The second kappa shape index (κ2) is 5.23. The van der Waals surface area contributed by atoms with Crippen molar-refractivity contribution in [3.63, 3.8) is 0 Å². The zero-order valence-electron chi connectivity index (χ0n) is 11.4. The van der Waals surface area contributed by atoms with E-state index in [1.807, 2.05) is 14.1 Å². The van der Waals surface area contributed by atoms with Gasteiger partial charge < -0.3 is 4.90 Å². The molecule has 20 heavy (non-hydrogen) atoms. The van der Waals surface area contributed by atoms with Crippen LogP contribution in [0, 0.1) is 0 Å². The molecule has 0 amide bonds. The summed E-state index contributed by atoms with van der Waals surface area (Å²) in [5.41, 5.74) is 4.45. The van der Waals surface area contributed by atoms with E-state index >= 15 is 0 Å². The van der Waals surface area contributed by atoms with E-state index in [1.54, 1.807) is 0 Å². The number of nitrogens with zero attached hydrogens (tertiary/aromatic N) is 3. The second-order valence-electron chi connectivity index (χ2n) is 5.22. The maximum atomic E-state index is 6.15. The molecule has 1 aromatic carbocycles. The topological polar surface area (TPSA) is 29.0 Å². The Morgan fingerprint density at radius 3 is 2.45 bits per heavy atom. The highest BCUT2D eigenvalue weighted by atomic mass is 35.5. The van der Waals surface area contributed by atoms with Crippen molar-refractivity contribution in [3.05, 3.63) is 51.5 Å². The SMILES string of the molecule is CN(C)c1ccc(C2CCc3c(Cl)nc(Cl)nc32)cc1. The van der Waals surface area contributed by atoms with Crippen LogP contribution in [0.1, 0.15) is 29.2 Å². The summed E-state index contributed by atoms with van der Waals surface area (Å²) < 4.78 is 0. The van der Waals surface area contributed by atoms with Crippen molar-refractivity contribution in [2.75, 3.05) is 19.0 Å². The van der Waals surface area contributed by atoms with Gasteiger partial charge in [0.25, 0.3) is 0 Å². The second-order valence-corrected chi connectivity index (χ2v) is 5.92. The van der Waals surface area contributed by atoms with Gasteiger partial charge in [0.05, 0.1) is 5.69 Å². The standard InChI is InChI=1S/C15H15Cl2N3/c1-20(2)10-5-3-9(4-6-10)11-7-8-12-13(11)18-15(17)19-14(12)16/h3-6,11H,7-8H2,1-2H3. The zero-order valence-corrected chi connectivity index (χ0v) is 12.9. The molecule has 0 bridgehead atoms. The maximum absolute atomic E-state index is 6.15. The van der Waals surface area contributed by atoms with E-state index in [0.29, 0.717) is 5.15 Å². The van der Waals surface area contributed by atoms with Crippen molar-refractivity contribution in [1.82, 2.24) is 9.97 Å². The molecule has 1 heterocycles. The van der Waals surface area contributed by atoms with Crippen molar-refractivity contribution in [3.8, 4) is 0 Å². The van der Waals surface area contributed by atoms with Crippen molar-refractivity contribution < 1.29 is 0 Å². The lowest BCUT2D eigenvalue weighted by atomic mass is 9.96. The largest absolute Gasteiger partial charge is 0.378 e. The molecule has 3 rings (SSSR count). The van der Waals surface area contributed by atoms with Gasteiger partial charge in [0.2, 0.25) is 5.28 Å². The Kier molecular flexibility index (Phi) is 3.57. The van der Waals surface area contributed by atoms with Gasteiger partial charge in [-0.25, -0.2) is 9.97 Å². The Balaban J connectivity index is 1.98. The van der Waals surface area contributed by atoms with E-state index in [9.17, 15) is 0 Å². The third-order valence-corrected chi connectivity index (χ3v) is 4.27. The number of anilines is 1. The van der Waals surface area contributed by atoms with Gasteiger partial charge in [-0.3, -0.25) is 0 Å². The molecule has 0 spiro atoms. The fraction of sp³-hybridized carbons (Fsp3) is 0.333.